The number of nitrogens with one attached hydrogen (secondary N) is 1. The van der Waals surface area contributed by atoms with Crippen LogP contribution >= 0.6 is 0 Å². The van der Waals surface area contributed by atoms with Crippen molar-refractivity contribution in [2.45, 2.75) is 0 Å². The Kier molecular flexibility index (Phi) is 5.71. The molecular weight excluding hydrogens is 232 g/mol. The molecule has 0 bridgehead atoms. The molecule has 0 saturated carbocycles. The van der Waals surface area contributed by atoms with Crippen molar-refractivity contribution in [1.82, 2.24) is 4.90 Å². The van der Waals surface area contributed by atoms with E-state index in [0.29, 0.717) is 11.3 Å². The highest BCUT2D eigenvalue weighted by Gasteiger charge is 2.12. The van der Waals surface area contributed by atoms with E-state index in [1.54, 1.807) is 24.3 Å². The first-order valence-corrected chi connectivity index (χ1v) is 5.55. The van der Waals surface area contributed by atoms with Crippen LogP contribution in [-0.2, 0) is 0 Å². The van der Waals surface area contributed by atoms with Gasteiger partial charge in [0.2, 0.25) is 0 Å². The van der Waals surface area contributed by atoms with Crippen molar-refractivity contribution < 1.29 is 15.0 Å². The molecule has 18 heavy (non-hydrogen) atoms. The molecule has 1 aromatic rings. The van der Waals surface area contributed by atoms with Crippen LogP contribution in [0.5, 0.6) is 0 Å². The van der Waals surface area contributed by atoms with Gasteiger partial charge in [-0.25, -0.2) is 4.79 Å². The molecular formula is C13H16N2O3. The summed E-state index contributed by atoms with van der Waals surface area (Å²) in [6, 6.07) is 6.51. The molecule has 96 valence electrons. The fourth-order valence-corrected chi connectivity index (χ4v) is 1.45. The van der Waals surface area contributed by atoms with Crippen molar-refractivity contribution >= 4 is 11.7 Å². The summed E-state index contributed by atoms with van der Waals surface area (Å²) in [7, 11) is 0. The summed E-state index contributed by atoms with van der Waals surface area (Å²) in [4.78, 5) is 13.2. The van der Waals surface area contributed by atoms with Gasteiger partial charge in [0.1, 0.15) is 0 Å². The number of amides is 2. The molecule has 0 spiro atoms. The van der Waals surface area contributed by atoms with E-state index in [4.69, 9.17) is 16.6 Å². The number of hydrogen-bond donors (Lipinski definition) is 3. The third-order valence-corrected chi connectivity index (χ3v) is 2.31. The SMILES string of the molecule is C#Cc1cccc(NC(=O)N(CCO)CCO)c1. The van der Waals surface area contributed by atoms with Gasteiger partial charge in [0.05, 0.1) is 13.2 Å². The molecule has 0 aliphatic rings. The zero-order valence-electron chi connectivity index (χ0n) is 9.97. The minimum absolute atomic E-state index is 0.155. The molecule has 5 nitrogen and oxygen atoms in total. The number of anilines is 1. The second-order valence-corrected chi connectivity index (χ2v) is 3.59. The Labute approximate surface area is 106 Å². The molecule has 0 aliphatic heterocycles. The van der Waals surface area contributed by atoms with Crippen molar-refractivity contribution in [3.63, 3.8) is 0 Å². The van der Waals surface area contributed by atoms with E-state index < -0.39 is 0 Å². The van der Waals surface area contributed by atoms with E-state index in [2.05, 4.69) is 11.2 Å². The Morgan fingerprint density at radius 1 is 1.33 bits per heavy atom. The van der Waals surface area contributed by atoms with E-state index >= 15 is 0 Å². The summed E-state index contributed by atoms with van der Waals surface area (Å²) in [5.74, 6) is 2.48. The lowest BCUT2D eigenvalue weighted by Gasteiger charge is -2.21. The van der Waals surface area contributed by atoms with E-state index in [1.165, 1.54) is 4.90 Å². The molecule has 3 N–H and O–H groups in total. The Balaban J connectivity index is 2.69. The number of hydrogen-bond acceptors (Lipinski definition) is 3. The van der Waals surface area contributed by atoms with Gasteiger partial charge in [-0.2, -0.15) is 0 Å². The topological polar surface area (TPSA) is 72.8 Å². The number of rotatable bonds is 5. The molecule has 0 aromatic heterocycles. The average molecular weight is 248 g/mol. The Morgan fingerprint density at radius 3 is 2.56 bits per heavy atom. The average Bonchev–Trinajstić information content (AvgIpc) is 2.38. The lowest BCUT2D eigenvalue weighted by atomic mass is 10.2. The van der Waals surface area contributed by atoms with Crippen LogP contribution < -0.4 is 5.32 Å². The highest BCUT2D eigenvalue weighted by molar-refractivity contribution is 5.89. The van der Waals surface area contributed by atoms with Crippen LogP contribution in [0, 0.1) is 12.3 Å². The standard InChI is InChI=1S/C13H16N2O3/c1-2-11-4-3-5-12(10-11)14-13(18)15(6-8-16)7-9-17/h1,3-5,10,16-17H,6-9H2,(H,14,18). The predicted octanol–water partition coefficient (Wildman–Crippen LogP) is 0.486. The third kappa shape index (κ3) is 4.09. The summed E-state index contributed by atoms with van der Waals surface area (Å²) in [5.41, 5.74) is 1.25. The Bertz CT molecular complexity index is 434. The molecule has 0 heterocycles. The highest BCUT2D eigenvalue weighted by Crippen LogP contribution is 2.10. The molecule has 0 unspecified atom stereocenters. The van der Waals surface area contributed by atoms with Gasteiger partial charge in [-0.15, -0.1) is 6.42 Å². The maximum Gasteiger partial charge on any atom is 0.321 e. The fourth-order valence-electron chi connectivity index (χ4n) is 1.45. The van der Waals surface area contributed by atoms with Crippen molar-refractivity contribution in [3.8, 4) is 12.3 Å². The first-order valence-electron chi connectivity index (χ1n) is 5.55. The lowest BCUT2D eigenvalue weighted by molar-refractivity contribution is 0.167. The molecule has 0 atom stereocenters. The summed E-state index contributed by atoms with van der Waals surface area (Å²) >= 11 is 0. The van der Waals surface area contributed by atoms with Crippen LogP contribution in [0.1, 0.15) is 5.56 Å². The van der Waals surface area contributed by atoms with E-state index in [1.807, 2.05) is 0 Å². The third-order valence-electron chi connectivity index (χ3n) is 2.31. The zero-order chi connectivity index (χ0) is 13.4. The minimum Gasteiger partial charge on any atom is -0.395 e. The molecule has 0 aliphatic carbocycles. The normalized spacial score (nSPS) is 9.61. The first kappa shape index (κ1) is 14.0. The van der Waals surface area contributed by atoms with Crippen molar-refractivity contribution in [1.29, 1.82) is 0 Å². The van der Waals surface area contributed by atoms with E-state index in [9.17, 15) is 4.79 Å². The lowest BCUT2D eigenvalue weighted by Crippen LogP contribution is -2.38. The molecule has 0 saturated heterocycles. The summed E-state index contributed by atoms with van der Waals surface area (Å²) < 4.78 is 0. The van der Waals surface area contributed by atoms with Crippen LogP contribution in [0.25, 0.3) is 0 Å². The summed E-state index contributed by atoms with van der Waals surface area (Å²) in [6.45, 7) is 0.0259. The number of aliphatic hydroxyl groups is 2. The van der Waals surface area contributed by atoms with E-state index in [0.717, 1.165) is 0 Å². The Morgan fingerprint density at radius 2 is 2.00 bits per heavy atom. The summed E-state index contributed by atoms with van der Waals surface area (Å²) in [5, 5.41) is 20.3. The second kappa shape index (κ2) is 7.33. The first-order chi connectivity index (χ1) is 8.71. The van der Waals surface area contributed by atoms with Crippen molar-refractivity contribution in [2.75, 3.05) is 31.6 Å². The number of urea groups is 1. The predicted molar refractivity (Wildman–Crippen MR) is 69.1 cm³/mol. The number of nitrogens with zero attached hydrogens (tertiary/aromatic N) is 1. The highest BCUT2D eigenvalue weighted by atomic mass is 16.3. The molecule has 5 heteroatoms. The number of benzene rings is 1. The van der Waals surface area contributed by atoms with Crippen molar-refractivity contribution in [3.05, 3.63) is 29.8 Å². The molecule has 0 radical (unpaired) electrons. The zero-order valence-corrected chi connectivity index (χ0v) is 9.97. The van der Waals surface area contributed by atoms with Gasteiger partial charge >= 0.3 is 6.03 Å². The monoisotopic (exact) mass is 248 g/mol. The second-order valence-electron chi connectivity index (χ2n) is 3.59. The van der Waals surface area contributed by atoms with Crippen molar-refractivity contribution in [2.24, 2.45) is 0 Å². The van der Waals surface area contributed by atoms with Crippen LogP contribution in [0.2, 0.25) is 0 Å². The quantitative estimate of drug-likeness (QED) is 0.664. The van der Waals surface area contributed by atoms with Gasteiger partial charge in [0.15, 0.2) is 0 Å². The van der Waals surface area contributed by atoms with Crippen LogP contribution in [0.4, 0.5) is 10.5 Å². The minimum atomic E-state index is -0.382. The molecule has 1 rings (SSSR count). The van der Waals surface area contributed by atoms with Gasteiger partial charge in [-0.05, 0) is 18.2 Å². The number of carbonyl (C=O) groups excluding carboxylic acids is 1. The number of terminal acetylenes is 1. The van der Waals surface area contributed by atoms with Gasteiger partial charge < -0.3 is 20.4 Å². The summed E-state index contributed by atoms with van der Waals surface area (Å²) in [6.07, 6.45) is 5.27. The number of carbonyl (C=O) groups is 1. The van der Waals surface area contributed by atoms with Gasteiger partial charge in [0, 0.05) is 24.3 Å². The van der Waals surface area contributed by atoms with Gasteiger partial charge in [-0.1, -0.05) is 12.0 Å². The fraction of sp³-hybridized carbons (Fsp3) is 0.308. The van der Waals surface area contributed by atoms with Crippen LogP contribution in [0.15, 0.2) is 24.3 Å². The maximum absolute atomic E-state index is 11.8. The molecule has 1 aromatic carbocycles. The molecule has 2 amide bonds. The van der Waals surface area contributed by atoms with Gasteiger partial charge in [-0.3, -0.25) is 0 Å². The van der Waals surface area contributed by atoms with E-state index in [-0.39, 0.29) is 32.3 Å². The number of aliphatic hydroxyl groups excluding tert-OH is 2. The maximum atomic E-state index is 11.8. The van der Waals surface area contributed by atoms with Crippen LogP contribution in [0.3, 0.4) is 0 Å². The van der Waals surface area contributed by atoms with Crippen LogP contribution in [-0.4, -0.2) is 47.4 Å². The Hall–Kier alpha value is -2.03. The smallest absolute Gasteiger partial charge is 0.321 e. The largest absolute Gasteiger partial charge is 0.395 e. The van der Waals surface area contributed by atoms with Gasteiger partial charge in [0.25, 0.3) is 0 Å². The molecule has 0 fully saturated rings.